The van der Waals surface area contributed by atoms with Crippen molar-refractivity contribution in [3.05, 3.63) is 70.8 Å². The largest absolute Gasteiger partial charge is 0.339 e. The van der Waals surface area contributed by atoms with E-state index >= 15 is 0 Å². The average Bonchev–Trinajstić information content (AvgIpc) is 3.27. The van der Waals surface area contributed by atoms with Crippen LogP contribution in [0.2, 0.25) is 0 Å². The number of fused-ring (bicyclic) bond motifs is 2. The highest BCUT2D eigenvalue weighted by Crippen LogP contribution is 2.41. The van der Waals surface area contributed by atoms with Crippen molar-refractivity contribution >= 4 is 17.8 Å². The van der Waals surface area contributed by atoms with Gasteiger partial charge in [0, 0.05) is 18.7 Å². The van der Waals surface area contributed by atoms with Crippen LogP contribution in [-0.2, 0) is 23.3 Å². The number of nitrogens with one attached hydrogen (secondary N) is 1. The number of aryl methyl sites for hydroxylation is 1. The molecule has 2 aliphatic heterocycles. The highest BCUT2D eigenvalue weighted by molar-refractivity contribution is 6.08. The summed E-state index contributed by atoms with van der Waals surface area (Å²) in [4.78, 5) is 42.1. The van der Waals surface area contributed by atoms with Crippen LogP contribution in [-0.4, -0.2) is 40.7 Å². The van der Waals surface area contributed by atoms with E-state index < -0.39 is 5.54 Å². The maximum atomic E-state index is 13.3. The number of hydrogen-bond donors (Lipinski definition) is 1. The molecule has 0 bridgehead atoms. The lowest BCUT2D eigenvalue weighted by Gasteiger charge is -2.27. The van der Waals surface area contributed by atoms with Crippen LogP contribution in [0.25, 0.3) is 0 Å². The quantitative estimate of drug-likeness (QED) is 0.800. The van der Waals surface area contributed by atoms with Crippen LogP contribution >= 0.6 is 0 Å². The first-order valence-electron chi connectivity index (χ1n) is 10.7. The van der Waals surface area contributed by atoms with Crippen LogP contribution in [0.3, 0.4) is 0 Å². The third-order valence-electron chi connectivity index (χ3n) is 6.58. The molecular formula is C24H25N3O3. The number of piperidine rings is 1. The molecule has 0 saturated carbocycles. The Labute approximate surface area is 175 Å². The molecule has 6 nitrogen and oxygen atoms in total. The maximum absolute atomic E-state index is 13.3. The summed E-state index contributed by atoms with van der Waals surface area (Å²) in [5.41, 5.74) is 2.46. The van der Waals surface area contributed by atoms with Crippen LogP contribution in [0.15, 0.2) is 48.5 Å². The van der Waals surface area contributed by atoms with Crippen molar-refractivity contribution in [2.24, 2.45) is 0 Å². The number of likely N-dealkylation sites (tertiary alicyclic amines) is 1. The van der Waals surface area contributed by atoms with Gasteiger partial charge in [0.1, 0.15) is 5.54 Å². The Balaban J connectivity index is 1.37. The summed E-state index contributed by atoms with van der Waals surface area (Å²) in [6, 6.07) is 14.7. The van der Waals surface area contributed by atoms with Gasteiger partial charge in [0.25, 0.3) is 11.8 Å². The molecule has 3 aliphatic rings. The molecule has 0 radical (unpaired) electrons. The van der Waals surface area contributed by atoms with Crippen LogP contribution < -0.4 is 5.32 Å². The van der Waals surface area contributed by atoms with Gasteiger partial charge in [-0.3, -0.25) is 14.5 Å². The third kappa shape index (κ3) is 2.98. The standard InChI is InChI=1S/C24H25N3O3/c28-21(26-13-4-1-5-14-26)19-9-6-7-17(15-19)16-27-22(29)24(25-23(27)30)12-11-18-8-2-3-10-20(18)24/h2-3,6-10,15H,1,4-5,11-14,16H2,(H,25,30). The van der Waals surface area contributed by atoms with Crippen molar-refractivity contribution in [2.45, 2.75) is 44.2 Å². The van der Waals surface area contributed by atoms with Crippen molar-refractivity contribution < 1.29 is 14.4 Å². The second-order valence-electron chi connectivity index (χ2n) is 8.44. The summed E-state index contributed by atoms with van der Waals surface area (Å²) in [5.74, 6) is -0.180. The minimum Gasteiger partial charge on any atom is -0.339 e. The van der Waals surface area contributed by atoms with E-state index in [1.165, 1.54) is 11.3 Å². The predicted molar refractivity (Wildman–Crippen MR) is 112 cm³/mol. The summed E-state index contributed by atoms with van der Waals surface area (Å²) >= 11 is 0. The zero-order valence-corrected chi connectivity index (χ0v) is 16.9. The number of nitrogens with zero attached hydrogens (tertiary/aromatic N) is 2. The molecule has 1 unspecified atom stereocenters. The average molecular weight is 403 g/mol. The van der Waals surface area contributed by atoms with E-state index in [4.69, 9.17) is 0 Å². The van der Waals surface area contributed by atoms with Crippen LogP contribution in [0.1, 0.15) is 52.7 Å². The van der Waals surface area contributed by atoms with Crippen molar-refractivity contribution in [1.82, 2.24) is 15.1 Å². The van der Waals surface area contributed by atoms with Crippen molar-refractivity contribution in [3.63, 3.8) is 0 Å². The Kier molecular flexibility index (Phi) is 4.57. The van der Waals surface area contributed by atoms with Gasteiger partial charge in [-0.15, -0.1) is 0 Å². The molecule has 2 aromatic rings. The fourth-order valence-electron chi connectivity index (χ4n) is 5.00. The van der Waals surface area contributed by atoms with E-state index in [1.54, 1.807) is 6.07 Å². The Hall–Kier alpha value is -3.15. The second kappa shape index (κ2) is 7.27. The molecule has 2 saturated heterocycles. The fourth-order valence-corrected chi connectivity index (χ4v) is 5.00. The monoisotopic (exact) mass is 403 g/mol. The summed E-state index contributed by atoms with van der Waals surface area (Å²) in [7, 11) is 0. The molecule has 154 valence electrons. The number of benzene rings is 2. The van der Waals surface area contributed by atoms with Gasteiger partial charge < -0.3 is 10.2 Å². The van der Waals surface area contributed by atoms with Gasteiger partial charge in [0.05, 0.1) is 6.54 Å². The minimum atomic E-state index is -0.949. The molecule has 6 heteroatoms. The first-order valence-corrected chi connectivity index (χ1v) is 10.7. The molecule has 2 heterocycles. The zero-order valence-electron chi connectivity index (χ0n) is 16.9. The zero-order chi connectivity index (χ0) is 20.7. The number of carbonyl (C=O) groups is 3. The summed E-state index contributed by atoms with van der Waals surface area (Å²) in [6.45, 7) is 1.74. The lowest BCUT2D eigenvalue weighted by Crippen LogP contribution is -2.41. The number of imide groups is 1. The molecule has 0 aromatic heterocycles. The van der Waals surface area contributed by atoms with Crippen LogP contribution in [0.5, 0.6) is 0 Å². The predicted octanol–water partition coefficient (Wildman–Crippen LogP) is 3.21. The SMILES string of the molecule is O=C(c1cccc(CN2C(=O)NC3(CCc4ccccc43)C2=O)c1)N1CCCCC1. The molecular weight excluding hydrogens is 378 g/mol. The van der Waals surface area contributed by atoms with Gasteiger partial charge in [-0.05, 0) is 60.9 Å². The lowest BCUT2D eigenvalue weighted by molar-refractivity contribution is -0.132. The van der Waals surface area contributed by atoms with Crippen molar-refractivity contribution in [2.75, 3.05) is 13.1 Å². The number of rotatable bonds is 3. The van der Waals surface area contributed by atoms with Crippen LogP contribution in [0.4, 0.5) is 4.79 Å². The number of hydrogen-bond acceptors (Lipinski definition) is 3. The molecule has 1 atom stereocenters. The third-order valence-corrected chi connectivity index (χ3v) is 6.58. The van der Waals surface area contributed by atoms with Gasteiger partial charge >= 0.3 is 6.03 Å². The van der Waals surface area contributed by atoms with E-state index in [0.29, 0.717) is 12.0 Å². The van der Waals surface area contributed by atoms with Crippen LogP contribution in [0, 0.1) is 0 Å². The van der Waals surface area contributed by atoms with E-state index in [1.807, 2.05) is 47.4 Å². The Bertz CT molecular complexity index is 1030. The van der Waals surface area contributed by atoms with Crippen molar-refractivity contribution in [1.29, 1.82) is 0 Å². The van der Waals surface area contributed by atoms with Crippen molar-refractivity contribution in [3.8, 4) is 0 Å². The maximum Gasteiger partial charge on any atom is 0.325 e. The smallest absolute Gasteiger partial charge is 0.325 e. The number of amides is 4. The first kappa shape index (κ1) is 18.9. The highest BCUT2D eigenvalue weighted by atomic mass is 16.2. The molecule has 1 spiro atoms. The summed E-state index contributed by atoms with van der Waals surface area (Å²) < 4.78 is 0. The second-order valence-corrected chi connectivity index (χ2v) is 8.44. The molecule has 30 heavy (non-hydrogen) atoms. The highest BCUT2D eigenvalue weighted by Gasteiger charge is 2.55. The lowest BCUT2D eigenvalue weighted by atomic mass is 9.92. The van der Waals surface area contributed by atoms with E-state index in [9.17, 15) is 14.4 Å². The van der Waals surface area contributed by atoms with E-state index in [0.717, 1.165) is 49.0 Å². The molecule has 1 aliphatic carbocycles. The van der Waals surface area contributed by atoms with E-state index in [-0.39, 0.29) is 24.4 Å². The minimum absolute atomic E-state index is 0.0231. The topological polar surface area (TPSA) is 69.7 Å². The van der Waals surface area contributed by atoms with Gasteiger partial charge in [-0.25, -0.2) is 4.79 Å². The van der Waals surface area contributed by atoms with Gasteiger partial charge in [0.2, 0.25) is 0 Å². The summed E-state index contributed by atoms with van der Waals surface area (Å²) in [6.07, 6.45) is 4.60. The molecule has 5 rings (SSSR count). The molecule has 2 fully saturated rings. The Morgan fingerprint density at radius 2 is 1.80 bits per heavy atom. The number of urea groups is 1. The fraction of sp³-hybridized carbons (Fsp3) is 0.375. The molecule has 2 aromatic carbocycles. The number of carbonyl (C=O) groups excluding carboxylic acids is 3. The summed E-state index contributed by atoms with van der Waals surface area (Å²) in [5, 5.41) is 2.96. The van der Waals surface area contributed by atoms with E-state index in [2.05, 4.69) is 5.32 Å². The first-order chi connectivity index (χ1) is 14.6. The molecule has 1 N–H and O–H groups in total. The normalized spacial score (nSPS) is 23.1. The van der Waals surface area contributed by atoms with Gasteiger partial charge in [0.15, 0.2) is 0 Å². The molecule has 4 amide bonds. The Morgan fingerprint density at radius 3 is 2.63 bits per heavy atom. The van der Waals surface area contributed by atoms with Gasteiger partial charge in [-0.1, -0.05) is 36.4 Å². The van der Waals surface area contributed by atoms with Gasteiger partial charge in [-0.2, -0.15) is 0 Å². The Morgan fingerprint density at radius 1 is 1.00 bits per heavy atom.